The fourth-order valence-corrected chi connectivity index (χ4v) is 3.08. The van der Waals surface area contributed by atoms with Crippen LogP contribution in [0.2, 0.25) is 0 Å². The van der Waals surface area contributed by atoms with Gasteiger partial charge >= 0.3 is 0 Å². The predicted octanol–water partition coefficient (Wildman–Crippen LogP) is 3.60. The normalized spacial score (nSPS) is 15.2. The first kappa shape index (κ1) is 22.4. The van der Waals surface area contributed by atoms with E-state index >= 15 is 0 Å². The maximum atomic E-state index is 12.2. The molecule has 31 heavy (non-hydrogen) atoms. The van der Waals surface area contributed by atoms with Crippen molar-refractivity contribution in [3.8, 4) is 5.75 Å². The average Bonchev–Trinajstić information content (AvgIpc) is 3.29. The summed E-state index contributed by atoms with van der Waals surface area (Å²) in [6.07, 6.45) is 2.13. The van der Waals surface area contributed by atoms with Gasteiger partial charge in [0, 0.05) is 30.1 Å². The van der Waals surface area contributed by atoms with Gasteiger partial charge in [-0.3, -0.25) is 9.59 Å². The molecule has 0 aliphatic carbocycles. The van der Waals surface area contributed by atoms with E-state index in [1.165, 1.54) is 0 Å². The monoisotopic (exact) mass is 423 g/mol. The second-order valence-corrected chi connectivity index (χ2v) is 7.59. The molecule has 1 fully saturated rings. The Bertz CT molecular complexity index is 888. The number of carbonyl (C=O) groups is 2. The Morgan fingerprint density at radius 2 is 1.81 bits per heavy atom. The molecule has 1 atom stereocenters. The minimum Gasteiger partial charge on any atom is -0.489 e. The van der Waals surface area contributed by atoms with Crippen LogP contribution < -0.4 is 20.7 Å². The Balaban J connectivity index is 1.40. The lowest BCUT2D eigenvalue weighted by Gasteiger charge is -2.11. The topological polar surface area (TPSA) is 88.7 Å². The second kappa shape index (κ2) is 11.2. The highest BCUT2D eigenvalue weighted by Gasteiger charge is 2.16. The van der Waals surface area contributed by atoms with Gasteiger partial charge in [0.2, 0.25) is 5.91 Å². The quantitative estimate of drug-likeness (QED) is 0.508. The first-order valence-electron chi connectivity index (χ1n) is 10.4. The van der Waals surface area contributed by atoms with Gasteiger partial charge in [-0.2, -0.15) is 0 Å². The first-order chi connectivity index (χ1) is 15.0. The molecular weight excluding hydrogens is 394 g/mol. The van der Waals surface area contributed by atoms with Crippen molar-refractivity contribution in [1.82, 2.24) is 5.32 Å². The summed E-state index contributed by atoms with van der Waals surface area (Å²) in [5, 5.41) is 8.76. The molecule has 2 aromatic carbocycles. The molecule has 1 heterocycles. The van der Waals surface area contributed by atoms with Crippen molar-refractivity contribution in [3.63, 3.8) is 0 Å². The van der Waals surface area contributed by atoms with Crippen molar-refractivity contribution >= 4 is 23.2 Å². The van der Waals surface area contributed by atoms with Crippen molar-refractivity contribution in [1.29, 1.82) is 0 Å². The highest BCUT2D eigenvalue weighted by molar-refractivity contribution is 5.96. The minimum absolute atomic E-state index is 0.107. The molecule has 2 amide bonds. The molecule has 7 nitrogen and oxygen atoms in total. The van der Waals surface area contributed by atoms with E-state index in [1.807, 2.05) is 31.2 Å². The van der Waals surface area contributed by atoms with Crippen molar-refractivity contribution in [2.75, 3.05) is 36.9 Å². The molecule has 164 valence electrons. The zero-order valence-corrected chi connectivity index (χ0v) is 17.8. The number of hydrogen-bond acceptors (Lipinski definition) is 5. The van der Waals surface area contributed by atoms with E-state index in [1.54, 1.807) is 24.3 Å². The molecule has 0 aromatic heterocycles. The Hall–Kier alpha value is -3.32. The zero-order valence-electron chi connectivity index (χ0n) is 17.8. The van der Waals surface area contributed by atoms with Crippen LogP contribution in [0.15, 0.2) is 60.7 Å². The molecule has 0 spiro atoms. The average molecular weight is 424 g/mol. The largest absolute Gasteiger partial charge is 0.489 e. The van der Waals surface area contributed by atoms with Crippen LogP contribution in [-0.2, 0) is 9.53 Å². The zero-order chi connectivity index (χ0) is 22.1. The molecule has 1 aliphatic heterocycles. The number of rotatable bonds is 10. The van der Waals surface area contributed by atoms with Gasteiger partial charge in [0.25, 0.3) is 5.91 Å². The van der Waals surface area contributed by atoms with E-state index in [9.17, 15) is 9.59 Å². The smallest absolute Gasteiger partial charge is 0.251 e. The molecule has 1 unspecified atom stereocenters. The molecule has 0 radical (unpaired) electrons. The van der Waals surface area contributed by atoms with Gasteiger partial charge < -0.3 is 25.4 Å². The number of nitrogens with one attached hydrogen (secondary N) is 3. The van der Waals surface area contributed by atoms with Crippen LogP contribution in [-0.4, -0.2) is 44.2 Å². The first-order valence-corrected chi connectivity index (χ1v) is 10.4. The summed E-state index contributed by atoms with van der Waals surface area (Å²) in [7, 11) is 0. The fraction of sp³-hybridized carbons (Fsp3) is 0.333. The number of amides is 2. The summed E-state index contributed by atoms with van der Waals surface area (Å²) >= 11 is 0. The van der Waals surface area contributed by atoms with Gasteiger partial charge in [0.05, 0.1) is 12.6 Å². The van der Waals surface area contributed by atoms with Crippen molar-refractivity contribution in [2.24, 2.45) is 0 Å². The predicted molar refractivity (Wildman–Crippen MR) is 122 cm³/mol. The van der Waals surface area contributed by atoms with Crippen molar-refractivity contribution in [2.45, 2.75) is 25.9 Å². The number of carbonyl (C=O) groups excluding carboxylic acids is 2. The fourth-order valence-electron chi connectivity index (χ4n) is 3.08. The molecule has 3 rings (SSSR count). The summed E-state index contributed by atoms with van der Waals surface area (Å²) in [4.78, 5) is 24.4. The molecule has 7 heteroatoms. The van der Waals surface area contributed by atoms with Crippen molar-refractivity contribution in [3.05, 3.63) is 66.2 Å². The standard InChI is InChI=1S/C24H29N3O4/c1-17(2)16-31-21-11-9-19(10-12-21)25-15-23(28)27-20-7-5-18(6-8-20)24(29)26-14-22-4-3-13-30-22/h5-12,22,25H,1,3-4,13-16H2,2H3,(H,26,29)(H,27,28). The Kier molecular flexibility index (Phi) is 8.06. The van der Waals surface area contributed by atoms with Gasteiger partial charge in [-0.25, -0.2) is 0 Å². The Morgan fingerprint density at radius 1 is 1.10 bits per heavy atom. The summed E-state index contributed by atoms with van der Waals surface area (Å²) in [6.45, 7) is 7.59. The van der Waals surface area contributed by atoms with Gasteiger partial charge in [-0.1, -0.05) is 6.58 Å². The van der Waals surface area contributed by atoms with Gasteiger partial charge in [-0.15, -0.1) is 0 Å². The third kappa shape index (κ3) is 7.46. The van der Waals surface area contributed by atoms with E-state index in [0.29, 0.717) is 24.4 Å². The van der Waals surface area contributed by atoms with Gasteiger partial charge in [0.15, 0.2) is 0 Å². The minimum atomic E-state index is -0.182. The summed E-state index contributed by atoms with van der Waals surface area (Å²) in [5.74, 6) is 0.418. The Labute approximate surface area is 182 Å². The third-order valence-electron chi connectivity index (χ3n) is 4.74. The third-order valence-corrected chi connectivity index (χ3v) is 4.74. The maximum Gasteiger partial charge on any atom is 0.251 e. The lowest BCUT2D eigenvalue weighted by molar-refractivity contribution is -0.114. The molecule has 3 N–H and O–H groups in total. The summed E-state index contributed by atoms with van der Waals surface area (Å²) < 4.78 is 11.1. The molecule has 1 aliphatic rings. The lowest BCUT2D eigenvalue weighted by atomic mass is 10.2. The number of benzene rings is 2. The van der Waals surface area contributed by atoms with E-state index in [-0.39, 0.29) is 24.5 Å². The number of anilines is 2. The van der Waals surface area contributed by atoms with Crippen LogP contribution in [0.3, 0.4) is 0 Å². The van der Waals surface area contributed by atoms with E-state index < -0.39 is 0 Å². The van der Waals surface area contributed by atoms with Crippen LogP contribution in [0, 0.1) is 0 Å². The number of ether oxygens (including phenoxy) is 2. The van der Waals surface area contributed by atoms with E-state index in [2.05, 4.69) is 22.5 Å². The molecule has 0 saturated carbocycles. The molecule has 1 saturated heterocycles. The number of hydrogen-bond donors (Lipinski definition) is 3. The second-order valence-electron chi connectivity index (χ2n) is 7.59. The molecule has 2 aromatic rings. The molecular formula is C24H29N3O4. The maximum absolute atomic E-state index is 12.2. The summed E-state index contributed by atoms with van der Waals surface area (Å²) in [5.41, 5.74) is 2.94. The Morgan fingerprint density at radius 3 is 2.45 bits per heavy atom. The van der Waals surface area contributed by atoms with Gasteiger partial charge in [0.1, 0.15) is 12.4 Å². The van der Waals surface area contributed by atoms with Crippen molar-refractivity contribution < 1.29 is 19.1 Å². The summed E-state index contributed by atoms with van der Waals surface area (Å²) in [6, 6.07) is 14.2. The SMILES string of the molecule is C=C(C)COc1ccc(NCC(=O)Nc2ccc(C(=O)NCC3CCCO3)cc2)cc1. The van der Waals surface area contributed by atoms with Crippen LogP contribution in [0.25, 0.3) is 0 Å². The van der Waals surface area contributed by atoms with Crippen LogP contribution in [0.1, 0.15) is 30.1 Å². The van der Waals surface area contributed by atoms with Crippen LogP contribution in [0.5, 0.6) is 5.75 Å². The van der Waals surface area contributed by atoms with Gasteiger partial charge in [-0.05, 0) is 73.9 Å². The highest BCUT2D eigenvalue weighted by atomic mass is 16.5. The van der Waals surface area contributed by atoms with Crippen LogP contribution in [0.4, 0.5) is 11.4 Å². The van der Waals surface area contributed by atoms with E-state index in [0.717, 1.165) is 36.5 Å². The lowest BCUT2D eigenvalue weighted by Crippen LogP contribution is -2.31. The van der Waals surface area contributed by atoms with Crippen LogP contribution >= 0.6 is 0 Å². The highest BCUT2D eigenvalue weighted by Crippen LogP contribution is 2.16. The molecule has 0 bridgehead atoms. The van der Waals surface area contributed by atoms with E-state index in [4.69, 9.17) is 9.47 Å².